The molecule has 2 atom stereocenters. The standard InChI is InChI=1S/C16H31N3/c1-7-19-15(9-13(3)18-19)10-14(17)8-12(2)11-16(4,5)6/h9,12,14H,7-8,10-11,17H2,1-6H3. The molecule has 0 radical (unpaired) electrons. The van der Waals surface area contributed by atoms with Crippen LogP contribution in [0.2, 0.25) is 0 Å². The van der Waals surface area contributed by atoms with Crippen molar-refractivity contribution >= 4 is 0 Å². The van der Waals surface area contributed by atoms with Crippen LogP contribution in [0.25, 0.3) is 0 Å². The highest BCUT2D eigenvalue weighted by atomic mass is 15.3. The Morgan fingerprint density at radius 2 is 2.00 bits per heavy atom. The van der Waals surface area contributed by atoms with E-state index >= 15 is 0 Å². The van der Waals surface area contributed by atoms with Crippen LogP contribution < -0.4 is 5.73 Å². The number of rotatable bonds is 6. The Morgan fingerprint density at radius 3 is 2.53 bits per heavy atom. The summed E-state index contributed by atoms with van der Waals surface area (Å²) in [4.78, 5) is 0. The average Bonchev–Trinajstić information content (AvgIpc) is 2.55. The predicted molar refractivity (Wildman–Crippen MR) is 82.2 cm³/mol. The molecule has 0 aliphatic rings. The topological polar surface area (TPSA) is 43.8 Å². The molecule has 1 rings (SSSR count). The van der Waals surface area contributed by atoms with Crippen molar-refractivity contribution in [2.75, 3.05) is 0 Å². The second kappa shape index (κ2) is 6.56. The van der Waals surface area contributed by atoms with E-state index in [9.17, 15) is 0 Å². The quantitative estimate of drug-likeness (QED) is 0.855. The van der Waals surface area contributed by atoms with E-state index in [2.05, 4.69) is 50.5 Å². The minimum absolute atomic E-state index is 0.235. The van der Waals surface area contributed by atoms with Crippen molar-refractivity contribution < 1.29 is 0 Å². The summed E-state index contributed by atoms with van der Waals surface area (Å²) in [7, 11) is 0. The van der Waals surface area contributed by atoms with E-state index in [-0.39, 0.29) is 6.04 Å². The molecule has 2 N–H and O–H groups in total. The molecule has 1 aromatic rings. The van der Waals surface area contributed by atoms with Crippen molar-refractivity contribution in [3.05, 3.63) is 17.5 Å². The van der Waals surface area contributed by atoms with Gasteiger partial charge in [0.2, 0.25) is 0 Å². The van der Waals surface area contributed by atoms with Gasteiger partial charge >= 0.3 is 0 Å². The predicted octanol–water partition coefficient (Wildman–Crippen LogP) is 3.54. The first kappa shape index (κ1) is 16.2. The second-order valence-electron chi connectivity index (χ2n) is 7.16. The summed E-state index contributed by atoms with van der Waals surface area (Å²) in [6.07, 6.45) is 3.25. The van der Waals surface area contributed by atoms with Crippen LogP contribution in [-0.2, 0) is 13.0 Å². The first-order valence-corrected chi connectivity index (χ1v) is 7.50. The van der Waals surface area contributed by atoms with Crippen LogP contribution in [-0.4, -0.2) is 15.8 Å². The molecule has 19 heavy (non-hydrogen) atoms. The van der Waals surface area contributed by atoms with E-state index in [0.29, 0.717) is 11.3 Å². The zero-order valence-corrected chi connectivity index (χ0v) is 13.5. The smallest absolute Gasteiger partial charge is 0.0596 e. The van der Waals surface area contributed by atoms with Crippen LogP contribution in [0.4, 0.5) is 0 Å². The lowest BCUT2D eigenvalue weighted by atomic mass is 9.82. The van der Waals surface area contributed by atoms with Gasteiger partial charge in [-0.2, -0.15) is 5.10 Å². The Bertz CT molecular complexity index is 387. The zero-order valence-electron chi connectivity index (χ0n) is 13.5. The summed E-state index contributed by atoms with van der Waals surface area (Å²) in [6.45, 7) is 14.3. The third-order valence-corrected chi connectivity index (χ3v) is 3.42. The summed E-state index contributed by atoms with van der Waals surface area (Å²) in [5.41, 5.74) is 9.07. The Kier molecular flexibility index (Phi) is 5.60. The van der Waals surface area contributed by atoms with Crippen LogP contribution >= 0.6 is 0 Å². The Labute approximate surface area is 118 Å². The number of hydrogen-bond acceptors (Lipinski definition) is 2. The highest BCUT2D eigenvalue weighted by molar-refractivity contribution is 5.10. The van der Waals surface area contributed by atoms with Gasteiger partial charge in [0.1, 0.15) is 0 Å². The summed E-state index contributed by atoms with van der Waals surface area (Å²) in [6, 6.07) is 2.40. The number of nitrogens with two attached hydrogens (primary N) is 1. The van der Waals surface area contributed by atoms with Crippen molar-refractivity contribution in [2.24, 2.45) is 17.1 Å². The molecule has 0 fully saturated rings. The van der Waals surface area contributed by atoms with Gasteiger partial charge < -0.3 is 5.73 Å². The molecule has 0 saturated carbocycles. The van der Waals surface area contributed by atoms with Gasteiger partial charge in [0.15, 0.2) is 0 Å². The van der Waals surface area contributed by atoms with Crippen molar-refractivity contribution in [3.8, 4) is 0 Å². The monoisotopic (exact) mass is 265 g/mol. The highest BCUT2D eigenvalue weighted by Gasteiger charge is 2.18. The van der Waals surface area contributed by atoms with Gasteiger partial charge in [-0.15, -0.1) is 0 Å². The largest absolute Gasteiger partial charge is 0.327 e. The van der Waals surface area contributed by atoms with Crippen molar-refractivity contribution in [3.63, 3.8) is 0 Å². The lowest BCUT2D eigenvalue weighted by Gasteiger charge is -2.25. The molecule has 0 aromatic carbocycles. The second-order valence-corrected chi connectivity index (χ2v) is 7.16. The first-order valence-electron chi connectivity index (χ1n) is 7.50. The third kappa shape index (κ3) is 5.77. The molecule has 3 nitrogen and oxygen atoms in total. The lowest BCUT2D eigenvalue weighted by molar-refractivity contribution is 0.284. The Morgan fingerprint density at radius 1 is 1.37 bits per heavy atom. The van der Waals surface area contributed by atoms with E-state index in [1.807, 2.05) is 6.92 Å². The normalized spacial score (nSPS) is 15.5. The first-order chi connectivity index (χ1) is 8.71. The van der Waals surface area contributed by atoms with Gasteiger partial charge in [-0.3, -0.25) is 4.68 Å². The average molecular weight is 265 g/mol. The summed E-state index contributed by atoms with van der Waals surface area (Å²) in [5.74, 6) is 0.675. The molecular weight excluding hydrogens is 234 g/mol. The highest BCUT2D eigenvalue weighted by Crippen LogP contribution is 2.26. The van der Waals surface area contributed by atoms with E-state index < -0.39 is 0 Å². The number of hydrogen-bond donors (Lipinski definition) is 1. The van der Waals surface area contributed by atoms with Crippen LogP contribution in [0.15, 0.2) is 6.07 Å². The van der Waals surface area contributed by atoms with Crippen LogP contribution in [0.5, 0.6) is 0 Å². The van der Waals surface area contributed by atoms with Crippen LogP contribution in [0.1, 0.15) is 58.8 Å². The molecule has 0 aliphatic heterocycles. The van der Waals surface area contributed by atoms with Crippen LogP contribution in [0, 0.1) is 18.3 Å². The van der Waals surface area contributed by atoms with E-state index in [0.717, 1.165) is 25.1 Å². The fraction of sp³-hybridized carbons (Fsp3) is 0.812. The lowest BCUT2D eigenvalue weighted by Crippen LogP contribution is -2.28. The molecule has 0 bridgehead atoms. The summed E-state index contributed by atoms with van der Waals surface area (Å²) in [5, 5.41) is 4.48. The minimum Gasteiger partial charge on any atom is -0.327 e. The SMILES string of the molecule is CCn1nc(C)cc1CC(N)CC(C)CC(C)(C)C. The van der Waals surface area contributed by atoms with E-state index in [1.165, 1.54) is 12.1 Å². The zero-order chi connectivity index (χ0) is 14.6. The number of aryl methyl sites for hydroxylation is 2. The number of nitrogens with zero attached hydrogens (tertiary/aromatic N) is 2. The van der Waals surface area contributed by atoms with Crippen molar-refractivity contribution in [1.29, 1.82) is 0 Å². The molecule has 0 amide bonds. The fourth-order valence-electron chi connectivity index (χ4n) is 3.03. The fourth-order valence-corrected chi connectivity index (χ4v) is 3.03. The summed E-state index contributed by atoms with van der Waals surface area (Å²) < 4.78 is 2.07. The van der Waals surface area contributed by atoms with Crippen molar-refractivity contribution in [2.45, 2.75) is 73.4 Å². The maximum atomic E-state index is 6.32. The molecule has 110 valence electrons. The summed E-state index contributed by atoms with van der Waals surface area (Å²) >= 11 is 0. The molecule has 1 heterocycles. The Hall–Kier alpha value is -0.830. The molecule has 1 aromatic heterocycles. The molecular formula is C16H31N3. The molecule has 2 unspecified atom stereocenters. The van der Waals surface area contributed by atoms with Crippen LogP contribution in [0.3, 0.4) is 0 Å². The maximum Gasteiger partial charge on any atom is 0.0596 e. The van der Waals surface area contributed by atoms with Gasteiger partial charge in [-0.05, 0) is 44.1 Å². The van der Waals surface area contributed by atoms with Gasteiger partial charge in [0, 0.05) is 24.7 Å². The van der Waals surface area contributed by atoms with E-state index in [4.69, 9.17) is 5.73 Å². The van der Waals surface area contributed by atoms with Gasteiger partial charge in [-0.1, -0.05) is 27.7 Å². The minimum atomic E-state index is 0.235. The van der Waals surface area contributed by atoms with Gasteiger partial charge in [-0.25, -0.2) is 0 Å². The van der Waals surface area contributed by atoms with Crippen molar-refractivity contribution in [1.82, 2.24) is 9.78 Å². The molecule has 0 saturated heterocycles. The third-order valence-electron chi connectivity index (χ3n) is 3.42. The number of aromatic nitrogens is 2. The molecule has 3 heteroatoms. The molecule has 0 spiro atoms. The maximum absolute atomic E-state index is 6.32. The van der Waals surface area contributed by atoms with Gasteiger partial charge in [0.05, 0.1) is 5.69 Å². The molecule has 0 aliphatic carbocycles. The Balaban J connectivity index is 2.52. The van der Waals surface area contributed by atoms with E-state index in [1.54, 1.807) is 0 Å². The van der Waals surface area contributed by atoms with Gasteiger partial charge in [0.25, 0.3) is 0 Å².